The van der Waals surface area contributed by atoms with Crippen LogP contribution in [-0.4, -0.2) is 16.9 Å². The van der Waals surface area contributed by atoms with Crippen LogP contribution in [0.5, 0.6) is 0 Å². The summed E-state index contributed by atoms with van der Waals surface area (Å²) in [4.78, 5) is 26.3. The lowest BCUT2D eigenvalue weighted by atomic mass is 9.90. The number of aryl methyl sites for hydroxylation is 1. The third kappa shape index (κ3) is 4.21. The zero-order valence-corrected chi connectivity index (χ0v) is 15.6. The molecule has 1 amide bonds. The van der Waals surface area contributed by atoms with E-state index in [4.69, 9.17) is 0 Å². The van der Waals surface area contributed by atoms with E-state index in [1.807, 2.05) is 25.1 Å². The number of halogens is 3. The Hall–Kier alpha value is -2.77. The Kier molecular flexibility index (Phi) is 5.49. The molecule has 0 saturated heterocycles. The average Bonchev–Trinajstić information content (AvgIpc) is 2.60. The number of carbonyl (C=O) groups is 1. The molecule has 0 saturated carbocycles. The van der Waals surface area contributed by atoms with E-state index < -0.39 is 23.3 Å². The van der Waals surface area contributed by atoms with Crippen molar-refractivity contribution in [2.24, 2.45) is 0 Å². The molecule has 2 aromatic rings. The summed E-state index contributed by atoms with van der Waals surface area (Å²) in [6.45, 7) is 4.05. The van der Waals surface area contributed by atoms with Crippen molar-refractivity contribution in [1.82, 2.24) is 10.3 Å². The number of H-pyrrole nitrogens is 1. The first kappa shape index (κ1) is 20.0. The maximum atomic E-state index is 12.7. The predicted molar refractivity (Wildman–Crippen MR) is 100 cm³/mol. The van der Waals surface area contributed by atoms with Gasteiger partial charge in [-0.2, -0.15) is 13.2 Å². The highest BCUT2D eigenvalue weighted by molar-refractivity contribution is 5.94. The first-order valence-electron chi connectivity index (χ1n) is 9.17. The molecule has 150 valence electrons. The Balaban J connectivity index is 1.86. The van der Waals surface area contributed by atoms with Crippen LogP contribution in [0.1, 0.15) is 59.4 Å². The number of hydrogen-bond donors (Lipinski definition) is 3. The number of fused-ring (bicyclic) bond motifs is 1. The molecule has 2 heterocycles. The number of hydrogen-bond acceptors (Lipinski definition) is 3. The van der Waals surface area contributed by atoms with Crippen molar-refractivity contribution in [1.29, 1.82) is 0 Å². The van der Waals surface area contributed by atoms with Crippen LogP contribution in [0, 0.1) is 6.92 Å². The van der Waals surface area contributed by atoms with Crippen LogP contribution < -0.4 is 16.2 Å². The van der Waals surface area contributed by atoms with Crippen LogP contribution in [0.25, 0.3) is 0 Å². The third-order valence-electron chi connectivity index (χ3n) is 4.87. The van der Waals surface area contributed by atoms with Crippen molar-refractivity contribution in [3.8, 4) is 0 Å². The minimum atomic E-state index is -4.67. The highest BCUT2D eigenvalue weighted by Gasteiger charge is 2.33. The minimum Gasteiger partial charge on any atom is -0.382 e. The Morgan fingerprint density at radius 3 is 2.64 bits per heavy atom. The summed E-state index contributed by atoms with van der Waals surface area (Å²) in [5.74, 6) is -0.691. The van der Waals surface area contributed by atoms with E-state index in [0.717, 1.165) is 35.7 Å². The van der Waals surface area contributed by atoms with Crippen LogP contribution >= 0.6 is 0 Å². The second kappa shape index (κ2) is 7.69. The van der Waals surface area contributed by atoms with Crippen molar-refractivity contribution >= 4 is 11.6 Å². The predicted octanol–water partition coefficient (Wildman–Crippen LogP) is 4.16. The van der Waals surface area contributed by atoms with Gasteiger partial charge >= 0.3 is 6.18 Å². The smallest absolute Gasteiger partial charge is 0.382 e. The second-order valence-corrected chi connectivity index (χ2v) is 7.09. The average molecular weight is 393 g/mol. The van der Waals surface area contributed by atoms with E-state index in [2.05, 4.69) is 17.6 Å². The number of aromatic nitrogens is 1. The van der Waals surface area contributed by atoms with Crippen LogP contribution in [0.4, 0.5) is 18.9 Å². The molecule has 0 fully saturated rings. The van der Waals surface area contributed by atoms with Gasteiger partial charge < -0.3 is 15.6 Å². The summed E-state index contributed by atoms with van der Waals surface area (Å²) in [6, 6.07) is 7.31. The van der Waals surface area contributed by atoms with Gasteiger partial charge in [0.2, 0.25) is 0 Å². The Morgan fingerprint density at radius 1 is 1.25 bits per heavy atom. The van der Waals surface area contributed by atoms with Crippen molar-refractivity contribution in [3.05, 3.63) is 63.1 Å². The first-order valence-corrected chi connectivity index (χ1v) is 9.17. The largest absolute Gasteiger partial charge is 0.431 e. The molecule has 0 bridgehead atoms. The summed E-state index contributed by atoms with van der Waals surface area (Å²) in [5.41, 5.74) is 0.320. The minimum absolute atomic E-state index is 0.162. The molecule has 1 aromatic heterocycles. The fourth-order valence-electron chi connectivity index (χ4n) is 3.52. The van der Waals surface area contributed by atoms with Gasteiger partial charge in [-0.15, -0.1) is 0 Å². The molecule has 0 radical (unpaired) electrons. The Bertz CT molecular complexity index is 937. The van der Waals surface area contributed by atoms with E-state index in [1.165, 1.54) is 0 Å². The van der Waals surface area contributed by atoms with E-state index in [-0.39, 0.29) is 17.6 Å². The van der Waals surface area contributed by atoms with Gasteiger partial charge in [-0.3, -0.25) is 9.59 Å². The molecular formula is C20H22F3N3O2. The number of pyridine rings is 1. The molecule has 2 atom stereocenters. The van der Waals surface area contributed by atoms with E-state index >= 15 is 0 Å². The van der Waals surface area contributed by atoms with Crippen LogP contribution in [0.3, 0.4) is 0 Å². The first-order chi connectivity index (χ1) is 13.2. The molecule has 5 nitrogen and oxygen atoms in total. The molecule has 0 aliphatic carbocycles. The number of aromatic amines is 1. The third-order valence-corrected chi connectivity index (χ3v) is 4.87. The quantitative estimate of drug-likeness (QED) is 0.730. The van der Waals surface area contributed by atoms with Gasteiger partial charge in [0.15, 0.2) is 0 Å². The zero-order valence-electron chi connectivity index (χ0n) is 15.6. The molecule has 1 aliphatic heterocycles. The summed E-state index contributed by atoms with van der Waals surface area (Å²) < 4.78 is 38.1. The lowest BCUT2D eigenvalue weighted by Gasteiger charge is -2.34. The molecule has 8 heteroatoms. The normalized spacial score (nSPS) is 18.9. The van der Waals surface area contributed by atoms with Crippen molar-refractivity contribution in [2.75, 3.05) is 5.32 Å². The standard InChI is InChI=1S/C20H22F3N3O2/c1-3-4-12-10-16(13-6-5-11(2)9-15(13)24-12)25-18(27)14-7-8-17(20(21,22)23)26-19(14)28/h5-9,12,16,24H,3-4,10H2,1-2H3,(H,25,27)(H,26,28)/t12-,16+/m1/s1. The SMILES string of the molecule is CCC[C@@H]1C[C@H](NC(=O)c2ccc(C(F)(F)F)[nH]c2=O)c2ccc(C)cc2N1. The topological polar surface area (TPSA) is 74.0 Å². The number of benzene rings is 1. The van der Waals surface area contributed by atoms with Crippen LogP contribution in [-0.2, 0) is 6.18 Å². The van der Waals surface area contributed by atoms with E-state index in [1.54, 1.807) is 4.98 Å². The summed E-state index contributed by atoms with van der Waals surface area (Å²) >= 11 is 0. The number of carbonyl (C=O) groups excluding carboxylic acids is 1. The maximum Gasteiger partial charge on any atom is 0.431 e. The zero-order chi connectivity index (χ0) is 20.5. The van der Waals surface area contributed by atoms with Crippen LogP contribution in [0.15, 0.2) is 35.1 Å². The summed E-state index contributed by atoms with van der Waals surface area (Å²) in [6.07, 6.45) is -2.15. The van der Waals surface area contributed by atoms with Gasteiger partial charge in [0.25, 0.3) is 11.5 Å². The fourth-order valence-corrected chi connectivity index (χ4v) is 3.52. The Morgan fingerprint density at radius 2 is 2.00 bits per heavy atom. The maximum absolute atomic E-state index is 12.7. The van der Waals surface area contributed by atoms with Gasteiger partial charge in [0.05, 0.1) is 6.04 Å². The summed E-state index contributed by atoms with van der Waals surface area (Å²) in [5, 5.41) is 6.29. The number of rotatable bonds is 4. The van der Waals surface area contributed by atoms with Gasteiger partial charge in [-0.25, -0.2) is 0 Å². The van der Waals surface area contributed by atoms with Gasteiger partial charge in [-0.05, 0) is 49.1 Å². The number of amides is 1. The van der Waals surface area contributed by atoms with Gasteiger partial charge in [0.1, 0.15) is 11.3 Å². The van der Waals surface area contributed by atoms with Crippen LogP contribution in [0.2, 0.25) is 0 Å². The molecular weight excluding hydrogens is 371 g/mol. The van der Waals surface area contributed by atoms with E-state index in [9.17, 15) is 22.8 Å². The van der Waals surface area contributed by atoms with Gasteiger partial charge in [0, 0.05) is 11.7 Å². The number of alkyl halides is 3. The molecule has 1 aliphatic rings. The lowest BCUT2D eigenvalue weighted by molar-refractivity contribution is -0.141. The fraction of sp³-hybridized carbons (Fsp3) is 0.400. The lowest BCUT2D eigenvalue weighted by Crippen LogP contribution is -2.39. The second-order valence-electron chi connectivity index (χ2n) is 7.09. The molecule has 3 rings (SSSR count). The highest BCUT2D eigenvalue weighted by Crippen LogP contribution is 2.34. The van der Waals surface area contributed by atoms with Crippen molar-refractivity contribution < 1.29 is 18.0 Å². The molecule has 3 N–H and O–H groups in total. The highest BCUT2D eigenvalue weighted by atomic mass is 19.4. The molecule has 1 aromatic carbocycles. The van der Waals surface area contributed by atoms with Crippen molar-refractivity contribution in [2.45, 2.75) is 51.4 Å². The molecule has 0 spiro atoms. The Labute approximate surface area is 160 Å². The van der Waals surface area contributed by atoms with Crippen molar-refractivity contribution in [3.63, 3.8) is 0 Å². The van der Waals surface area contributed by atoms with Gasteiger partial charge in [-0.1, -0.05) is 25.5 Å². The summed E-state index contributed by atoms with van der Waals surface area (Å²) in [7, 11) is 0. The molecule has 28 heavy (non-hydrogen) atoms. The molecule has 0 unspecified atom stereocenters. The van der Waals surface area contributed by atoms with E-state index in [0.29, 0.717) is 12.5 Å². The number of nitrogens with one attached hydrogen (secondary N) is 3. The monoisotopic (exact) mass is 393 g/mol. The number of anilines is 1.